The highest BCUT2D eigenvalue weighted by molar-refractivity contribution is 6.17. The quantitative estimate of drug-likeness (QED) is 0.679. The van der Waals surface area contributed by atoms with Crippen molar-refractivity contribution in [2.45, 2.75) is 39.5 Å². The summed E-state index contributed by atoms with van der Waals surface area (Å²) in [6.45, 7) is 6.60. The molecule has 1 aromatic rings. The van der Waals surface area contributed by atoms with Gasteiger partial charge >= 0.3 is 0 Å². The van der Waals surface area contributed by atoms with Crippen LogP contribution >= 0.6 is 11.6 Å². The smallest absolute Gasteiger partial charge is 0.0699 e. The predicted molar refractivity (Wildman–Crippen MR) is 71.5 cm³/mol. The number of allylic oxidation sites excluding steroid dienone is 2. The van der Waals surface area contributed by atoms with Crippen LogP contribution in [-0.2, 0) is 5.88 Å². The van der Waals surface area contributed by atoms with E-state index in [9.17, 15) is 0 Å². The number of halogens is 1. The number of aromatic nitrogens is 1. The van der Waals surface area contributed by atoms with Crippen LogP contribution in [0.1, 0.15) is 44.9 Å². The van der Waals surface area contributed by atoms with Crippen molar-refractivity contribution in [1.82, 2.24) is 4.98 Å². The van der Waals surface area contributed by atoms with Gasteiger partial charge in [-0.1, -0.05) is 32.4 Å². The van der Waals surface area contributed by atoms with E-state index in [2.05, 4.69) is 31.8 Å². The van der Waals surface area contributed by atoms with E-state index in [0.717, 1.165) is 23.6 Å². The summed E-state index contributed by atoms with van der Waals surface area (Å²) in [6, 6.07) is 3.97. The number of hydrogen-bond acceptors (Lipinski definition) is 1. The Morgan fingerprint density at radius 3 is 2.94 bits per heavy atom. The summed E-state index contributed by atoms with van der Waals surface area (Å²) in [7, 11) is 0. The van der Waals surface area contributed by atoms with Crippen molar-refractivity contribution in [2.24, 2.45) is 5.92 Å². The molecule has 0 fully saturated rings. The molecule has 2 heteroatoms. The van der Waals surface area contributed by atoms with Crippen molar-refractivity contribution >= 4 is 17.2 Å². The van der Waals surface area contributed by atoms with Crippen LogP contribution in [-0.4, -0.2) is 4.98 Å². The largest absolute Gasteiger partial charge is 0.256 e. The molecule has 0 bridgehead atoms. The van der Waals surface area contributed by atoms with Gasteiger partial charge in [-0.15, -0.1) is 11.6 Å². The topological polar surface area (TPSA) is 12.9 Å². The van der Waals surface area contributed by atoms with E-state index in [1.165, 1.54) is 12.0 Å². The molecule has 16 heavy (non-hydrogen) atoms. The first-order valence-corrected chi connectivity index (χ1v) is 6.39. The summed E-state index contributed by atoms with van der Waals surface area (Å²) in [5, 5.41) is 0. The third kappa shape index (κ3) is 3.64. The minimum absolute atomic E-state index is 0.525. The van der Waals surface area contributed by atoms with E-state index in [0.29, 0.717) is 5.88 Å². The molecule has 1 rings (SSSR count). The van der Waals surface area contributed by atoms with E-state index in [4.69, 9.17) is 11.6 Å². The molecule has 1 nitrogen and oxygen atoms in total. The van der Waals surface area contributed by atoms with E-state index < -0.39 is 0 Å². The summed E-state index contributed by atoms with van der Waals surface area (Å²) in [5.41, 5.74) is 3.39. The van der Waals surface area contributed by atoms with Gasteiger partial charge in [0, 0.05) is 12.1 Å². The zero-order valence-electron chi connectivity index (χ0n) is 10.3. The molecular formula is C14H20ClN. The maximum Gasteiger partial charge on any atom is 0.0699 e. The lowest BCUT2D eigenvalue weighted by molar-refractivity contribution is 0.572. The molecule has 0 aliphatic heterocycles. The lowest BCUT2D eigenvalue weighted by Gasteiger charge is -2.08. The summed E-state index contributed by atoms with van der Waals surface area (Å²) in [5.74, 6) is 1.26. The average molecular weight is 238 g/mol. The lowest BCUT2D eigenvalue weighted by atomic mass is 10.0. The molecule has 0 spiro atoms. The molecule has 0 amide bonds. The lowest BCUT2D eigenvalue weighted by Crippen LogP contribution is -1.94. The number of alkyl halides is 1. The second-order valence-electron chi connectivity index (χ2n) is 4.28. The van der Waals surface area contributed by atoms with Gasteiger partial charge in [-0.25, -0.2) is 0 Å². The summed E-state index contributed by atoms with van der Waals surface area (Å²) in [6.07, 6.45) is 6.42. The highest BCUT2D eigenvalue weighted by Gasteiger charge is 2.04. The van der Waals surface area contributed by atoms with Crippen molar-refractivity contribution in [3.8, 4) is 0 Å². The first-order valence-electron chi connectivity index (χ1n) is 5.86. The van der Waals surface area contributed by atoms with Gasteiger partial charge in [0.25, 0.3) is 0 Å². The summed E-state index contributed by atoms with van der Waals surface area (Å²) in [4.78, 5) is 4.40. The zero-order valence-corrected chi connectivity index (χ0v) is 11.1. The summed E-state index contributed by atoms with van der Waals surface area (Å²) >= 11 is 5.90. The van der Waals surface area contributed by atoms with E-state index in [1.807, 2.05) is 18.3 Å². The minimum Gasteiger partial charge on any atom is -0.256 e. The maximum atomic E-state index is 5.90. The number of hydrogen-bond donors (Lipinski definition) is 0. The maximum absolute atomic E-state index is 5.90. The standard InChI is InChI=1S/C14H20ClN/c1-4-11(2)7-8-12(3)14-13(10-15)6-5-9-16-14/h5-6,8-9,11H,4,7,10H2,1-3H3. The third-order valence-electron chi connectivity index (χ3n) is 2.93. The van der Waals surface area contributed by atoms with Crippen LogP contribution in [0.25, 0.3) is 5.57 Å². The summed E-state index contributed by atoms with van der Waals surface area (Å²) < 4.78 is 0. The Labute approximate surface area is 104 Å². The van der Waals surface area contributed by atoms with Gasteiger partial charge < -0.3 is 0 Å². The second-order valence-corrected chi connectivity index (χ2v) is 4.55. The van der Waals surface area contributed by atoms with Crippen LogP contribution in [0.4, 0.5) is 0 Å². The number of rotatable bonds is 5. The molecule has 0 N–H and O–H groups in total. The molecule has 0 aromatic carbocycles. The van der Waals surface area contributed by atoms with Gasteiger partial charge in [0.15, 0.2) is 0 Å². The Hall–Kier alpha value is -0.820. The molecule has 1 unspecified atom stereocenters. The van der Waals surface area contributed by atoms with E-state index in [-0.39, 0.29) is 0 Å². The van der Waals surface area contributed by atoms with Gasteiger partial charge in [0.2, 0.25) is 0 Å². The fourth-order valence-electron chi connectivity index (χ4n) is 1.54. The molecule has 0 aliphatic carbocycles. The van der Waals surface area contributed by atoms with Crippen LogP contribution in [0, 0.1) is 5.92 Å². The normalized spacial score (nSPS) is 13.9. The highest BCUT2D eigenvalue weighted by atomic mass is 35.5. The molecule has 1 aromatic heterocycles. The molecule has 0 saturated heterocycles. The van der Waals surface area contributed by atoms with Crippen molar-refractivity contribution in [3.63, 3.8) is 0 Å². The molecule has 88 valence electrons. The molecular weight excluding hydrogens is 218 g/mol. The number of pyridine rings is 1. The Morgan fingerprint density at radius 1 is 1.56 bits per heavy atom. The van der Waals surface area contributed by atoms with Crippen LogP contribution in [0.15, 0.2) is 24.4 Å². The van der Waals surface area contributed by atoms with Gasteiger partial charge in [-0.2, -0.15) is 0 Å². The van der Waals surface area contributed by atoms with Crippen molar-refractivity contribution in [3.05, 3.63) is 35.7 Å². The Bertz CT molecular complexity index is 358. The number of nitrogens with zero attached hydrogens (tertiary/aromatic N) is 1. The molecule has 0 radical (unpaired) electrons. The van der Waals surface area contributed by atoms with Crippen LogP contribution < -0.4 is 0 Å². The Morgan fingerprint density at radius 2 is 2.31 bits per heavy atom. The second kappa shape index (κ2) is 6.70. The van der Waals surface area contributed by atoms with Crippen molar-refractivity contribution in [1.29, 1.82) is 0 Å². The van der Waals surface area contributed by atoms with Crippen molar-refractivity contribution in [2.75, 3.05) is 0 Å². The Balaban J connectivity index is 2.82. The first-order chi connectivity index (χ1) is 7.69. The average Bonchev–Trinajstić information content (AvgIpc) is 2.35. The SMILES string of the molecule is CCC(C)CC=C(C)c1ncccc1CCl. The van der Waals surface area contributed by atoms with E-state index >= 15 is 0 Å². The predicted octanol–water partition coefficient (Wildman–Crippen LogP) is 4.66. The van der Waals surface area contributed by atoms with Gasteiger partial charge in [0.1, 0.15) is 0 Å². The van der Waals surface area contributed by atoms with Crippen LogP contribution in [0.2, 0.25) is 0 Å². The fraction of sp³-hybridized carbons (Fsp3) is 0.500. The van der Waals surface area contributed by atoms with Crippen LogP contribution in [0.3, 0.4) is 0 Å². The highest BCUT2D eigenvalue weighted by Crippen LogP contribution is 2.20. The molecule has 0 saturated carbocycles. The Kier molecular flexibility index (Phi) is 5.54. The van der Waals surface area contributed by atoms with Gasteiger partial charge in [-0.3, -0.25) is 4.98 Å². The molecule has 1 heterocycles. The minimum atomic E-state index is 0.525. The zero-order chi connectivity index (χ0) is 12.0. The molecule has 0 aliphatic rings. The fourth-order valence-corrected chi connectivity index (χ4v) is 1.76. The van der Waals surface area contributed by atoms with Gasteiger partial charge in [-0.05, 0) is 36.5 Å². The molecule has 1 atom stereocenters. The third-order valence-corrected chi connectivity index (χ3v) is 3.22. The first kappa shape index (κ1) is 13.2. The van der Waals surface area contributed by atoms with E-state index in [1.54, 1.807) is 0 Å². The monoisotopic (exact) mass is 237 g/mol. The van der Waals surface area contributed by atoms with Crippen LogP contribution in [0.5, 0.6) is 0 Å². The van der Waals surface area contributed by atoms with Gasteiger partial charge in [0.05, 0.1) is 5.69 Å². The van der Waals surface area contributed by atoms with Crippen molar-refractivity contribution < 1.29 is 0 Å².